The van der Waals surface area contributed by atoms with Gasteiger partial charge in [-0.2, -0.15) is 0 Å². The summed E-state index contributed by atoms with van der Waals surface area (Å²) >= 11 is 5.10. The molecule has 0 fully saturated rings. The van der Waals surface area contributed by atoms with Gasteiger partial charge >= 0.3 is 0 Å². The molecule has 1 aromatic rings. The van der Waals surface area contributed by atoms with E-state index in [0.29, 0.717) is 5.75 Å². The van der Waals surface area contributed by atoms with E-state index in [0.717, 1.165) is 17.7 Å². The van der Waals surface area contributed by atoms with Crippen LogP contribution in [0.15, 0.2) is 6.20 Å². The zero-order chi connectivity index (χ0) is 9.84. The zero-order valence-electron chi connectivity index (χ0n) is 7.87. The Kier molecular flexibility index (Phi) is 3.87. The number of H-pyrrole nitrogens is 1. The number of imidazole rings is 1. The van der Waals surface area contributed by atoms with E-state index in [1.54, 1.807) is 6.26 Å². The molecular weight excluding hydrogens is 204 g/mol. The Morgan fingerprint density at radius 1 is 1.69 bits per heavy atom. The third-order valence-corrected chi connectivity index (χ3v) is 3.01. The highest BCUT2D eigenvalue weighted by Gasteiger charge is 2.01. The van der Waals surface area contributed by atoms with Gasteiger partial charge in [-0.3, -0.25) is 4.21 Å². The predicted octanol–water partition coefficient (Wildman–Crippen LogP) is 1.49. The van der Waals surface area contributed by atoms with Gasteiger partial charge in [-0.05, 0) is 18.6 Å². The maximum Gasteiger partial charge on any atom is 0.177 e. The monoisotopic (exact) mass is 218 g/mol. The summed E-state index contributed by atoms with van der Waals surface area (Å²) in [5.41, 5.74) is 1.18. The molecule has 1 rings (SSSR count). The van der Waals surface area contributed by atoms with Crippen LogP contribution in [-0.2, 0) is 23.8 Å². The van der Waals surface area contributed by atoms with Crippen molar-refractivity contribution in [3.05, 3.63) is 16.7 Å². The molecule has 5 heteroatoms. The summed E-state index contributed by atoms with van der Waals surface area (Å²) in [6.45, 7) is 2.83. The van der Waals surface area contributed by atoms with Crippen LogP contribution in [0.4, 0.5) is 0 Å². The van der Waals surface area contributed by atoms with Gasteiger partial charge in [0.2, 0.25) is 0 Å². The fraction of sp³-hybridized carbons (Fsp3) is 0.625. The van der Waals surface area contributed by atoms with Crippen molar-refractivity contribution in [2.75, 3.05) is 12.0 Å². The van der Waals surface area contributed by atoms with Crippen molar-refractivity contribution < 1.29 is 4.21 Å². The van der Waals surface area contributed by atoms with Gasteiger partial charge in [0.1, 0.15) is 0 Å². The molecule has 1 aromatic heterocycles. The van der Waals surface area contributed by atoms with Gasteiger partial charge < -0.3 is 9.55 Å². The molecule has 3 nitrogen and oxygen atoms in total. The molecule has 13 heavy (non-hydrogen) atoms. The topological polar surface area (TPSA) is 37.8 Å². The highest BCUT2D eigenvalue weighted by atomic mass is 32.2. The summed E-state index contributed by atoms with van der Waals surface area (Å²) in [5, 5.41) is 0. The Morgan fingerprint density at radius 2 is 2.38 bits per heavy atom. The minimum Gasteiger partial charge on any atom is -0.337 e. The number of aromatic amines is 1. The van der Waals surface area contributed by atoms with Crippen LogP contribution in [0.5, 0.6) is 0 Å². The molecule has 1 unspecified atom stereocenters. The van der Waals surface area contributed by atoms with Crippen molar-refractivity contribution in [2.24, 2.45) is 0 Å². The fourth-order valence-corrected chi connectivity index (χ4v) is 1.90. The molecule has 0 saturated carbocycles. The van der Waals surface area contributed by atoms with E-state index in [2.05, 4.69) is 11.9 Å². The van der Waals surface area contributed by atoms with E-state index in [4.69, 9.17) is 12.2 Å². The lowest BCUT2D eigenvalue weighted by atomic mass is 10.4. The first-order chi connectivity index (χ1) is 6.15. The molecule has 1 heterocycles. The third kappa shape index (κ3) is 2.77. The molecule has 0 amide bonds. The number of hydrogen-bond donors (Lipinski definition) is 1. The fourth-order valence-electron chi connectivity index (χ4n) is 1.19. The van der Waals surface area contributed by atoms with Gasteiger partial charge in [0.25, 0.3) is 0 Å². The minimum absolute atomic E-state index is 0.666. The second-order valence-electron chi connectivity index (χ2n) is 2.87. The van der Waals surface area contributed by atoms with E-state index < -0.39 is 10.8 Å². The first kappa shape index (κ1) is 10.7. The van der Waals surface area contributed by atoms with Gasteiger partial charge in [0, 0.05) is 41.2 Å². The Hall–Kier alpha value is -0.420. The Balaban J connectivity index is 2.79. The molecule has 0 aliphatic heterocycles. The van der Waals surface area contributed by atoms with Crippen LogP contribution >= 0.6 is 12.2 Å². The molecule has 1 N–H and O–H groups in total. The van der Waals surface area contributed by atoms with E-state index in [9.17, 15) is 4.21 Å². The summed E-state index contributed by atoms with van der Waals surface area (Å²) in [5.74, 6) is 0.666. The van der Waals surface area contributed by atoms with Crippen LogP contribution < -0.4 is 0 Å². The highest BCUT2D eigenvalue weighted by Crippen LogP contribution is 2.02. The van der Waals surface area contributed by atoms with Crippen LogP contribution in [0.1, 0.15) is 12.6 Å². The van der Waals surface area contributed by atoms with Crippen molar-refractivity contribution in [1.82, 2.24) is 9.55 Å². The number of rotatable bonds is 4. The quantitative estimate of drug-likeness (QED) is 0.777. The molecule has 0 radical (unpaired) electrons. The average Bonchev–Trinajstić information content (AvgIpc) is 2.43. The van der Waals surface area contributed by atoms with Gasteiger partial charge in [0.15, 0.2) is 4.77 Å². The normalized spacial score (nSPS) is 13.1. The largest absolute Gasteiger partial charge is 0.337 e. The summed E-state index contributed by atoms with van der Waals surface area (Å²) < 4.78 is 13.6. The standard InChI is InChI=1S/C8H14N2OS2/c1-3-7-6-9-8(12)10(7)4-5-13(2)11/h6H,3-5H2,1-2H3,(H,9,12). The maximum atomic E-state index is 10.9. The van der Waals surface area contributed by atoms with Crippen LogP contribution in [0.2, 0.25) is 0 Å². The minimum atomic E-state index is -0.750. The maximum absolute atomic E-state index is 10.9. The Labute approximate surface area is 85.6 Å². The molecule has 0 aliphatic carbocycles. The van der Waals surface area contributed by atoms with Crippen molar-refractivity contribution in [3.63, 3.8) is 0 Å². The highest BCUT2D eigenvalue weighted by molar-refractivity contribution is 7.84. The van der Waals surface area contributed by atoms with E-state index in [1.807, 2.05) is 10.8 Å². The molecule has 0 aromatic carbocycles. The summed E-state index contributed by atoms with van der Waals surface area (Å²) in [7, 11) is -0.750. The molecular formula is C8H14N2OS2. The van der Waals surface area contributed by atoms with Crippen molar-refractivity contribution in [1.29, 1.82) is 0 Å². The van der Waals surface area contributed by atoms with Gasteiger partial charge in [-0.1, -0.05) is 6.92 Å². The Bertz CT molecular complexity index is 353. The summed E-state index contributed by atoms with van der Waals surface area (Å²) in [4.78, 5) is 2.99. The van der Waals surface area contributed by atoms with Crippen molar-refractivity contribution in [3.8, 4) is 0 Å². The molecule has 0 aliphatic rings. The zero-order valence-corrected chi connectivity index (χ0v) is 9.50. The molecule has 1 atom stereocenters. The molecule has 0 bridgehead atoms. The first-order valence-electron chi connectivity index (χ1n) is 4.22. The van der Waals surface area contributed by atoms with Crippen molar-refractivity contribution >= 4 is 23.0 Å². The van der Waals surface area contributed by atoms with Crippen LogP contribution in [-0.4, -0.2) is 25.8 Å². The third-order valence-electron chi connectivity index (χ3n) is 1.92. The summed E-state index contributed by atoms with van der Waals surface area (Å²) in [6.07, 6.45) is 4.58. The second-order valence-corrected chi connectivity index (χ2v) is 4.81. The number of nitrogens with zero attached hydrogens (tertiary/aromatic N) is 1. The summed E-state index contributed by atoms with van der Waals surface area (Å²) in [6, 6.07) is 0. The van der Waals surface area contributed by atoms with Crippen LogP contribution in [0, 0.1) is 4.77 Å². The van der Waals surface area contributed by atoms with E-state index >= 15 is 0 Å². The number of aryl methyl sites for hydroxylation is 1. The van der Waals surface area contributed by atoms with E-state index in [-0.39, 0.29) is 0 Å². The number of nitrogens with one attached hydrogen (secondary N) is 1. The second kappa shape index (κ2) is 4.72. The van der Waals surface area contributed by atoms with Gasteiger partial charge in [0.05, 0.1) is 0 Å². The molecule has 0 saturated heterocycles. The predicted molar refractivity (Wildman–Crippen MR) is 57.9 cm³/mol. The lowest BCUT2D eigenvalue weighted by Crippen LogP contribution is -2.09. The molecule has 74 valence electrons. The lowest BCUT2D eigenvalue weighted by molar-refractivity contribution is 0.669. The first-order valence-corrected chi connectivity index (χ1v) is 6.35. The number of hydrogen-bond acceptors (Lipinski definition) is 2. The smallest absolute Gasteiger partial charge is 0.177 e. The average molecular weight is 218 g/mol. The SMILES string of the molecule is CCc1c[nH]c(=S)n1CCS(C)=O. The van der Waals surface area contributed by atoms with Crippen LogP contribution in [0.25, 0.3) is 0 Å². The van der Waals surface area contributed by atoms with Crippen LogP contribution in [0.3, 0.4) is 0 Å². The van der Waals surface area contributed by atoms with E-state index in [1.165, 1.54) is 5.69 Å². The lowest BCUT2D eigenvalue weighted by Gasteiger charge is -2.04. The van der Waals surface area contributed by atoms with Gasteiger partial charge in [-0.25, -0.2) is 0 Å². The Morgan fingerprint density at radius 3 is 2.92 bits per heavy atom. The number of aromatic nitrogens is 2. The molecule has 0 spiro atoms. The van der Waals surface area contributed by atoms with Gasteiger partial charge in [-0.15, -0.1) is 0 Å². The van der Waals surface area contributed by atoms with Crippen molar-refractivity contribution in [2.45, 2.75) is 19.9 Å².